The van der Waals surface area contributed by atoms with E-state index in [1.54, 1.807) is 16.8 Å². The summed E-state index contributed by atoms with van der Waals surface area (Å²) in [6.07, 6.45) is 3.14. The van der Waals surface area contributed by atoms with Crippen molar-refractivity contribution in [3.63, 3.8) is 0 Å². The number of fused-ring (bicyclic) bond motifs is 1. The number of carbonyl (C=O) groups excluding carboxylic acids is 2. The molecule has 3 aromatic heterocycles. The third kappa shape index (κ3) is 2.44. The third-order valence-corrected chi connectivity index (χ3v) is 4.62. The van der Waals surface area contributed by atoms with Gasteiger partial charge in [-0.05, 0) is 34.1 Å². The van der Waals surface area contributed by atoms with Gasteiger partial charge in [0.2, 0.25) is 0 Å². The molecule has 0 unspecified atom stereocenters. The van der Waals surface area contributed by atoms with E-state index in [-0.39, 0.29) is 18.0 Å². The highest BCUT2D eigenvalue weighted by Crippen LogP contribution is 2.22. The largest absolute Gasteiger partial charge is 0.294 e. The van der Waals surface area contributed by atoms with Crippen LogP contribution in [0.2, 0.25) is 0 Å². The Kier molecular flexibility index (Phi) is 3.50. The Balaban J connectivity index is 1.84. The van der Waals surface area contributed by atoms with Gasteiger partial charge in [0.1, 0.15) is 0 Å². The summed E-state index contributed by atoms with van der Waals surface area (Å²) < 4.78 is 2.48. The number of halogens is 1. The van der Waals surface area contributed by atoms with Crippen molar-refractivity contribution in [1.82, 2.24) is 9.61 Å². The van der Waals surface area contributed by atoms with Gasteiger partial charge < -0.3 is 0 Å². The zero-order valence-corrected chi connectivity index (χ0v) is 12.6. The molecule has 0 atom stereocenters. The molecule has 4 nitrogen and oxygen atoms in total. The zero-order chi connectivity index (χ0) is 14.1. The Labute approximate surface area is 127 Å². The van der Waals surface area contributed by atoms with Gasteiger partial charge in [-0.3, -0.25) is 9.59 Å². The molecular weight excluding hydrogens is 340 g/mol. The summed E-state index contributed by atoms with van der Waals surface area (Å²) in [6, 6.07) is 7.22. The van der Waals surface area contributed by atoms with Crippen LogP contribution < -0.4 is 0 Å². The Hall–Kier alpha value is -1.79. The lowest BCUT2D eigenvalue weighted by molar-refractivity contribution is 0.0897. The monoisotopic (exact) mass is 348 g/mol. The fraction of sp³-hybridized carbons (Fsp3) is 0.0714. The van der Waals surface area contributed by atoms with Crippen LogP contribution in [0, 0.1) is 0 Å². The molecule has 3 heterocycles. The maximum Gasteiger partial charge on any atom is 0.180 e. The molecule has 0 N–H and O–H groups in total. The summed E-state index contributed by atoms with van der Waals surface area (Å²) in [5.41, 5.74) is 1.20. The minimum atomic E-state index is -0.208. The maximum atomic E-state index is 12.2. The second kappa shape index (κ2) is 5.30. The first kappa shape index (κ1) is 13.2. The Morgan fingerprint density at radius 3 is 2.90 bits per heavy atom. The van der Waals surface area contributed by atoms with E-state index in [1.165, 1.54) is 17.5 Å². The van der Waals surface area contributed by atoms with Crippen LogP contribution in [0.4, 0.5) is 0 Å². The molecule has 0 saturated carbocycles. The van der Waals surface area contributed by atoms with Gasteiger partial charge in [0.15, 0.2) is 11.6 Å². The standard InChI is InChI=1S/C14H9BrN2O2S/c15-9-5-14(20-8-9)13(19)6-12(18)10-7-16-17-4-2-1-3-11(10)17/h1-5,7-8H,6H2. The SMILES string of the molecule is O=C(CC(=O)c1cnn2ccccc12)c1cc(Br)cs1. The smallest absolute Gasteiger partial charge is 0.180 e. The molecule has 0 fully saturated rings. The van der Waals surface area contributed by atoms with Crippen molar-refractivity contribution in [2.75, 3.05) is 0 Å². The number of carbonyl (C=O) groups is 2. The number of hydrogen-bond donors (Lipinski definition) is 0. The first-order chi connectivity index (χ1) is 9.65. The van der Waals surface area contributed by atoms with Gasteiger partial charge in [0.05, 0.1) is 28.6 Å². The molecule has 0 saturated heterocycles. The highest BCUT2D eigenvalue weighted by molar-refractivity contribution is 9.10. The molecular formula is C14H9BrN2O2S. The second-order valence-corrected chi connectivity index (χ2v) is 6.07. The maximum absolute atomic E-state index is 12.2. The fourth-order valence-electron chi connectivity index (χ4n) is 1.94. The lowest BCUT2D eigenvalue weighted by Crippen LogP contribution is -2.07. The van der Waals surface area contributed by atoms with Crippen molar-refractivity contribution >= 4 is 44.3 Å². The molecule has 0 radical (unpaired) electrons. The van der Waals surface area contributed by atoms with Gasteiger partial charge in [-0.2, -0.15) is 5.10 Å². The van der Waals surface area contributed by atoms with Gasteiger partial charge in [0, 0.05) is 16.0 Å². The average molecular weight is 349 g/mol. The molecule has 0 bridgehead atoms. The van der Waals surface area contributed by atoms with Crippen LogP contribution in [0.3, 0.4) is 0 Å². The highest BCUT2D eigenvalue weighted by atomic mass is 79.9. The summed E-state index contributed by atoms with van der Waals surface area (Å²) in [4.78, 5) is 24.9. The normalized spacial score (nSPS) is 10.8. The summed E-state index contributed by atoms with van der Waals surface area (Å²) >= 11 is 4.63. The molecule has 100 valence electrons. The van der Waals surface area contributed by atoms with Crippen molar-refractivity contribution < 1.29 is 9.59 Å². The van der Waals surface area contributed by atoms with Crippen molar-refractivity contribution in [2.24, 2.45) is 0 Å². The molecule has 0 aliphatic rings. The molecule has 3 aromatic rings. The summed E-state index contributed by atoms with van der Waals surface area (Å²) in [5, 5.41) is 5.93. The molecule has 0 aliphatic heterocycles. The van der Waals surface area contributed by atoms with E-state index in [4.69, 9.17) is 0 Å². The van der Waals surface area contributed by atoms with Gasteiger partial charge in [-0.25, -0.2) is 4.52 Å². The predicted octanol–water partition coefficient (Wildman–Crippen LogP) is 3.61. The molecule has 0 aromatic carbocycles. The first-order valence-electron chi connectivity index (χ1n) is 5.88. The van der Waals surface area contributed by atoms with E-state index in [2.05, 4.69) is 21.0 Å². The minimum absolute atomic E-state index is 0.136. The molecule has 3 rings (SSSR count). The van der Waals surface area contributed by atoms with Crippen LogP contribution in [0.15, 0.2) is 46.5 Å². The van der Waals surface area contributed by atoms with Crippen LogP contribution >= 0.6 is 27.3 Å². The van der Waals surface area contributed by atoms with Crippen LogP contribution in [0.25, 0.3) is 5.52 Å². The molecule has 0 spiro atoms. The van der Waals surface area contributed by atoms with E-state index in [0.717, 1.165) is 9.99 Å². The second-order valence-electron chi connectivity index (χ2n) is 4.24. The van der Waals surface area contributed by atoms with Crippen LogP contribution in [-0.2, 0) is 0 Å². The van der Waals surface area contributed by atoms with E-state index in [0.29, 0.717) is 10.4 Å². The van der Waals surface area contributed by atoms with Gasteiger partial charge in [-0.15, -0.1) is 11.3 Å². The number of rotatable bonds is 4. The topological polar surface area (TPSA) is 51.4 Å². The molecule has 0 amide bonds. The van der Waals surface area contributed by atoms with Crippen LogP contribution in [-0.4, -0.2) is 21.2 Å². The van der Waals surface area contributed by atoms with E-state index in [1.807, 2.05) is 23.6 Å². The minimum Gasteiger partial charge on any atom is -0.294 e. The molecule has 6 heteroatoms. The third-order valence-electron chi connectivity index (χ3n) is 2.89. The molecule has 20 heavy (non-hydrogen) atoms. The Morgan fingerprint density at radius 1 is 1.30 bits per heavy atom. The average Bonchev–Trinajstić information content (AvgIpc) is 3.04. The number of aromatic nitrogens is 2. The van der Waals surface area contributed by atoms with Gasteiger partial charge in [0.25, 0.3) is 0 Å². The van der Waals surface area contributed by atoms with Crippen LogP contribution in [0.5, 0.6) is 0 Å². The van der Waals surface area contributed by atoms with Crippen molar-refractivity contribution in [3.8, 4) is 0 Å². The number of pyridine rings is 1. The number of nitrogens with zero attached hydrogens (tertiary/aromatic N) is 2. The molecule has 0 aliphatic carbocycles. The van der Waals surface area contributed by atoms with Gasteiger partial charge >= 0.3 is 0 Å². The van der Waals surface area contributed by atoms with Gasteiger partial charge in [-0.1, -0.05) is 6.07 Å². The lowest BCUT2D eigenvalue weighted by atomic mass is 10.1. The highest BCUT2D eigenvalue weighted by Gasteiger charge is 2.18. The van der Waals surface area contributed by atoms with E-state index >= 15 is 0 Å². The van der Waals surface area contributed by atoms with Crippen LogP contribution in [0.1, 0.15) is 26.5 Å². The quantitative estimate of drug-likeness (QED) is 0.534. The number of Topliss-reactive ketones (excluding diaryl/α,β-unsaturated/α-hetero) is 2. The van der Waals surface area contributed by atoms with Crippen molar-refractivity contribution in [1.29, 1.82) is 0 Å². The summed E-state index contributed by atoms with van der Waals surface area (Å²) in [6.45, 7) is 0. The first-order valence-corrected chi connectivity index (χ1v) is 7.55. The lowest BCUT2D eigenvalue weighted by Gasteiger charge is -1.98. The predicted molar refractivity (Wildman–Crippen MR) is 80.5 cm³/mol. The van der Waals surface area contributed by atoms with E-state index < -0.39 is 0 Å². The number of ketones is 2. The summed E-state index contributed by atoms with van der Waals surface area (Å²) in [7, 11) is 0. The zero-order valence-electron chi connectivity index (χ0n) is 10.2. The summed E-state index contributed by atoms with van der Waals surface area (Å²) in [5.74, 6) is -0.373. The number of hydrogen-bond acceptors (Lipinski definition) is 4. The van der Waals surface area contributed by atoms with E-state index in [9.17, 15) is 9.59 Å². The van der Waals surface area contributed by atoms with Crippen molar-refractivity contribution in [3.05, 3.63) is 57.0 Å². The Morgan fingerprint density at radius 2 is 2.15 bits per heavy atom. The number of thiophene rings is 1. The van der Waals surface area contributed by atoms with Crippen molar-refractivity contribution in [2.45, 2.75) is 6.42 Å². The Bertz CT molecular complexity index is 806. The fourth-order valence-corrected chi connectivity index (χ4v) is 3.30.